The largest absolute Gasteiger partial charge is 0.477 e. The number of aromatic carboxylic acids is 1. The van der Waals surface area contributed by atoms with E-state index in [9.17, 15) is 4.79 Å². The number of hydrogen-bond donors (Lipinski definition) is 1. The highest BCUT2D eigenvalue weighted by Crippen LogP contribution is 2.06. The zero-order chi connectivity index (χ0) is 9.14. The maximum atomic E-state index is 10.5. The van der Waals surface area contributed by atoms with Crippen LogP contribution in [-0.4, -0.2) is 21.0 Å². The Kier molecular flexibility index (Phi) is 2.60. The molecule has 4 nitrogen and oxygen atoms in total. The number of halogens is 1. The standard InChI is InChI=1S/C7H7ClN2O2/c1-2-4-3-5(6(11)12)10-7(8)9-4/h3H,2H2,1H3,(H,11,12). The third kappa shape index (κ3) is 1.92. The Morgan fingerprint density at radius 1 is 1.67 bits per heavy atom. The van der Waals surface area contributed by atoms with Crippen LogP contribution in [0.5, 0.6) is 0 Å². The van der Waals surface area contributed by atoms with Crippen LogP contribution < -0.4 is 0 Å². The number of carboxylic acid groups (broad SMARTS) is 1. The molecule has 1 aromatic rings. The molecule has 0 aromatic carbocycles. The van der Waals surface area contributed by atoms with Crippen LogP contribution in [0.2, 0.25) is 5.28 Å². The van der Waals surface area contributed by atoms with E-state index in [0.29, 0.717) is 12.1 Å². The first-order chi connectivity index (χ1) is 5.63. The van der Waals surface area contributed by atoms with Crippen molar-refractivity contribution in [3.8, 4) is 0 Å². The van der Waals surface area contributed by atoms with E-state index in [0.717, 1.165) is 0 Å². The summed E-state index contributed by atoms with van der Waals surface area (Å²) >= 11 is 5.49. The van der Waals surface area contributed by atoms with Gasteiger partial charge in [-0.05, 0) is 24.1 Å². The average molecular weight is 187 g/mol. The van der Waals surface area contributed by atoms with Gasteiger partial charge in [0.1, 0.15) is 0 Å². The fourth-order valence-electron chi connectivity index (χ4n) is 0.756. The zero-order valence-electron chi connectivity index (χ0n) is 6.41. The molecule has 0 radical (unpaired) electrons. The van der Waals surface area contributed by atoms with Gasteiger partial charge in [0.2, 0.25) is 5.28 Å². The lowest BCUT2D eigenvalue weighted by molar-refractivity contribution is 0.0690. The topological polar surface area (TPSA) is 63.1 Å². The molecule has 0 fully saturated rings. The molecule has 0 amide bonds. The third-order valence-electron chi connectivity index (χ3n) is 1.33. The number of carboxylic acids is 1. The predicted molar refractivity (Wildman–Crippen MR) is 43.4 cm³/mol. The number of aryl methyl sites for hydroxylation is 1. The summed E-state index contributed by atoms with van der Waals surface area (Å²) in [6.45, 7) is 1.87. The minimum atomic E-state index is -1.09. The van der Waals surface area contributed by atoms with Gasteiger partial charge in [-0.25, -0.2) is 14.8 Å². The van der Waals surface area contributed by atoms with Crippen molar-refractivity contribution >= 4 is 17.6 Å². The molecule has 0 saturated carbocycles. The molecule has 1 heterocycles. The first kappa shape index (κ1) is 8.93. The van der Waals surface area contributed by atoms with Crippen LogP contribution in [0.1, 0.15) is 23.1 Å². The molecule has 5 heteroatoms. The summed E-state index contributed by atoms with van der Waals surface area (Å²) in [7, 11) is 0. The van der Waals surface area contributed by atoms with E-state index in [1.807, 2.05) is 6.92 Å². The van der Waals surface area contributed by atoms with Crippen LogP contribution in [0.15, 0.2) is 6.07 Å². The third-order valence-corrected chi connectivity index (χ3v) is 1.50. The van der Waals surface area contributed by atoms with Crippen molar-refractivity contribution < 1.29 is 9.90 Å². The fourth-order valence-corrected chi connectivity index (χ4v) is 0.956. The highest BCUT2D eigenvalue weighted by atomic mass is 35.5. The highest BCUT2D eigenvalue weighted by Gasteiger charge is 2.07. The first-order valence-corrected chi connectivity index (χ1v) is 3.78. The van der Waals surface area contributed by atoms with Crippen LogP contribution in [0.3, 0.4) is 0 Å². The molecule has 0 aliphatic heterocycles. The quantitative estimate of drug-likeness (QED) is 0.709. The molecule has 0 aliphatic carbocycles. The van der Waals surface area contributed by atoms with Crippen LogP contribution >= 0.6 is 11.6 Å². The van der Waals surface area contributed by atoms with Crippen molar-refractivity contribution in [2.24, 2.45) is 0 Å². The van der Waals surface area contributed by atoms with Gasteiger partial charge in [-0.2, -0.15) is 0 Å². The van der Waals surface area contributed by atoms with Crippen molar-refractivity contribution in [3.05, 3.63) is 22.7 Å². The molecule has 0 unspecified atom stereocenters. The Bertz CT molecular complexity index is 314. The van der Waals surface area contributed by atoms with Crippen LogP contribution in [0.25, 0.3) is 0 Å². The van der Waals surface area contributed by atoms with Gasteiger partial charge in [0, 0.05) is 5.69 Å². The Labute approximate surface area is 74.2 Å². The maximum absolute atomic E-state index is 10.5. The highest BCUT2D eigenvalue weighted by molar-refractivity contribution is 6.28. The SMILES string of the molecule is CCc1cc(C(=O)O)nc(Cl)n1. The number of nitrogens with zero attached hydrogens (tertiary/aromatic N) is 2. The van der Waals surface area contributed by atoms with Crippen LogP contribution in [0.4, 0.5) is 0 Å². The molecule has 0 aliphatic rings. The van der Waals surface area contributed by atoms with Gasteiger partial charge in [0.05, 0.1) is 0 Å². The van der Waals surface area contributed by atoms with Crippen molar-refractivity contribution in [2.45, 2.75) is 13.3 Å². The van der Waals surface area contributed by atoms with E-state index in [1.54, 1.807) is 0 Å². The van der Waals surface area contributed by atoms with Crippen molar-refractivity contribution in [1.29, 1.82) is 0 Å². The van der Waals surface area contributed by atoms with Crippen molar-refractivity contribution in [3.63, 3.8) is 0 Å². The van der Waals surface area contributed by atoms with E-state index in [4.69, 9.17) is 16.7 Å². The second-order valence-electron chi connectivity index (χ2n) is 2.17. The van der Waals surface area contributed by atoms with Crippen molar-refractivity contribution in [1.82, 2.24) is 9.97 Å². The van der Waals surface area contributed by atoms with Crippen LogP contribution in [-0.2, 0) is 6.42 Å². The minimum absolute atomic E-state index is 0.0215. The van der Waals surface area contributed by atoms with Gasteiger partial charge in [0.25, 0.3) is 0 Å². The molecule has 1 N–H and O–H groups in total. The van der Waals surface area contributed by atoms with Gasteiger partial charge in [-0.3, -0.25) is 0 Å². The minimum Gasteiger partial charge on any atom is -0.477 e. The van der Waals surface area contributed by atoms with Crippen molar-refractivity contribution in [2.75, 3.05) is 0 Å². The molecule has 12 heavy (non-hydrogen) atoms. The first-order valence-electron chi connectivity index (χ1n) is 3.40. The van der Waals surface area contributed by atoms with E-state index < -0.39 is 5.97 Å². The van der Waals surface area contributed by atoms with Gasteiger partial charge in [-0.1, -0.05) is 6.92 Å². The number of hydrogen-bond acceptors (Lipinski definition) is 3. The fraction of sp³-hybridized carbons (Fsp3) is 0.286. The number of carbonyl (C=O) groups is 1. The lowest BCUT2D eigenvalue weighted by Crippen LogP contribution is -2.03. The van der Waals surface area contributed by atoms with Gasteiger partial charge < -0.3 is 5.11 Å². The van der Waals surface area contributed by atoms with Crippen LogP contribution in [0, 0.1) is 0 Å². The maximum Gasteiger partial charge on any atom is 0.354 e. The van der Waals surface area contributed by atoms with E-state index in [-0.39, 0.29) is 11.0 Å². The molecule has 0 atom stereocenters. The summed E-state index contributed by atoms with van der Waals surface area (Å²) in [5.41, 5.74) is 0.569. The second kappa shape index (κ2) is 3.49. The van der Waals surface area contributed by atoms with Gasteiger partial charge in [0.15, 0.2) is 5.69 Å². The smallest absolute Gasteiger partial charge is 0.354 e. The number of rotatable bonds is 2. The lowest BCUT2D eigenvalue weighted by Gasteiger charge is -1.98. The number of aromatic nitrogens is 2. The summed E-state index contributed by atoms with van der Waals surface area (Å²) in [5, 5.41) is 8.56. The summed E-state index contributed by atoms with van der Waals surface area (Å²) in [4.78, 5) is 17.8. The summed E-state index contributed by atoms with van der Waals surface area (Å²) in [6, 6.07) is 1.41. The predicted octanol–water partition coefficient (Wildman–Crippen LogP) is 1.39. The molecular formula is C7H7ClN2O2. The molecule has 1 rings (SSSR count). The van der Waals surface area contributed by atoms with Gasteiger partial charge >= 0.3 is 5.97 Å². The monoisotopic (exact) mass is 186 g/mol. The molecule has 0 bridgehead atoms. The average Bonchev–Trinajstić information content (AvgIpc) is 2.03. The van der Waals surface area contributed by atoms with E-state index in [2.05, 4.69) is 9.97 Å². The molecular weight excluding hydrogens is 180 g/mol. The van der Waals surface area contributed by atoms with E-state index >= 15 is 0 Å². The van der Waals surface area contributed by atoms with Gasteiger partial charge in [-0.15, -0.1) is 0 Å². The summed E-state index contributed by atoms with van der Waals surface area (Å²) in [5.74, 6) is -1.09. The normalized spacial score (nSPS) is 9.83. The Morgan fingerprint density at radius 3 is 2.83 bits per heavy atom. The second-order valence-corrected chi connectivity index (χ2v) is 2.51. The lowest BCUT2D eigenvalue weighted by atomic mass is 10.3. The zero-order valence-corrected chi connectivity index (χ0v) is 7.17. The molecule has 64 valence electrons. The van der Waals surface area contributed by atoms with E-state index in [1.165, 1.54) is 6.07 Å². The Hall–Kier alpha value is -1.16. The molecule has 0 saturated heterocycles. The summed E-state index contributed by atoms with van der Waals surface area (Å²) < 4.78 is 0. The Balaban J connectivity index is 3.15. The Morgan fingerprint density at radius 2 is 2.33 bits per heavy atom. The molecule has 0 spiro atoms. The summed E-state index contributed by atoms with van der Waals surface area (Å²) in [6.07, 6.45) is 0.641. The molecule has 1 aromatic heterocycles.